The second kappa shape index (κ2) is 3.49. The molecule has 0 spiro atoms. The Kier molecular flexibility index (Phi) is 2.32. The summed E-state index contributed by atoms with van der Waals surface area (Å²) < 4.78 is 2.36. The van der Waals surface area contributed by atoms with Gasteiger partial charge in [-0.2, -0.15) is 0 Å². The average Bonchev–Trinajstić information content (AvgIpc) is 2.60. The molecule has 1 aromatic carbocycles. The van der Waals surface area contributed by atoms with Crippen molar-refractivity contribution in [1.29, 1.82) is 0 Å². The first-order chi connectivity index (χ1) is 6.74. The van der Waals surface area contributed by atoms with Crippen LogP contribution in [0.15, 0.2) is 30.5 Å². The van der Waals surface area contributed by atoms with Crippen molar-refractivity contribution >= 4 is 10.9 Å². The highest BCUT2D eigenvalue weighted by molar-refractivity contribution is 5.83. The molecular weight excluding hydrogens is 170 g/mol. The molecule has 0 bridgehead atoms. The van der Waals surface area contributed by atoms with Gasteiger partial charge in [-0.25, -0.2) is 0 Å². The molecule has 0 N–H and O–H groups in total. The van der Waals surface area contributed by atoms with Crippen LogP contribution in [0, 0.1) is 0 Å². The highest BCUT2D eigenvalue weighted by Crippen LogP contribution is 2.23. The third kappa shape index (κ3) is 1.33. The molecule has 2 aromatic rings. The van der Waals surface area contributed by atoms with Crippen molar-refractivity contribution in [3.8, 4) is 0 Å². The average molecular weight is 187 g/mol. The molecule has 0 atom stereocenters. The van der Waals surface area contributed by atoms with Gasteiger partial charge in [0.25, 0.3) is 0 Å². The molecule has 1 nitrogen and oxygen atoms in total. The molecule has 0 aliphatic heterocycles. The van der Waals surface area contributed by atoms with Crippen molar-refractivity contribution < 1.29 is 0 Å². The molecule has 0 saturated carbocycles. The van der Waals surface area contributed by atoms with Crippen molar-refractivity contribution in [2.24, 2.45) is 0 Å². The number of nitrogens with zero attached hydrogens (tertiary/aromatic N) is 1. The van der Waals surface area contributed by atoms with Gasteiger partial charge in [0.05, 0.1) is 5.52 Å². The molecule has 0 aliphatic rings. The number of hydrogen-bond donors (Lipinski definition) is 0. The smallest absolute Gasteiger partial charge is 0.0515 e. The van der Waals surface area contributed by atoms with E-state index in [9.17, 15) is 0 Å². The largest absolute Gasteiger partial charge is 0.345 e. The van der Waals surface area contributed by atoms with Crippen LogP contribution in [-0.2, 0) is 6.42 Å². The van der Waals surface area contributed by atoms with Gasteiger partial charge in [0.1, 0.15) is 0 Å². The lowest BCUT2D eigenvalue weighted by molar-refractivity contribution is 0.621. The molecule has 1 heterocycles. The van der Waals surface area contributed by atoms with Gasteiger partial charge in [-0.15, -0.1) is 0 Å². The molecule has 0 radical (unpaired) electrons. The number of benzene rings is 1. The monoisotopic (exact) mass is 187 g/mol. The molecule has 2 rings (SSSR count). The van der Waals surface area contributed by atoms with Gasteiger partial charge in [-0.05, 0) is 37.3 Å². The zero-order chi connectivity index (χ0) is 10.1. The summed E-state index contributed by atoms with van der Waals surface area (Å²) in [5.41, 5.74) is 2.85. The lowest BCUT2D eigenvalue weighted by atomic mass is 10.1. The molecule has 1 aromatic heterocycles. The fourth-order valence-electron chi connectivity index (χ4n) is 2.01. The number of aromatic nitrogens is 1. The molecule has 0 saturated heterocycles. The third-order valence-corrected chi connectivity index (χ3v) is 2.76. The van der Waals surface area contributed by atoms with E-state index in [4.69, 9.17) is 0 Å². The molecule has 74 valence electrons. The van der Waals surface area contributed by atoms with Gasteiger partial charge >= 0.3 is 0 Å². The van der Waals surface area contributed by atoms with Crippen LogP contribution < -0.4 is 0 Å². The third-order valence-electron chi connectivity index (χ3n) is 2.76. The summed E-state index contributed by atoms with van der Waals surface area (Å²) in [7, 11) is 0. The van der Waals surface area contributed by atoms with Crippen molar-refractivity contribution in [3.63, 3.8) is 0 Å². The highest BCUT2D eigenvalue weighted by Gasteiger charge is 2.06. The summed E-state index contributed by atoms with van der Waals surface area (Å²) in [6, 6.07) is 9.30. The highest BCUT2D eigenvalue weighted by atomic mass is 15.0. The van der Waals surface area contributed by atoms with Crippen LogP contribution in [-0.4, -0.2) is 4.57 Å². The van der Waals surface area contributed by atoms with E-state index in [1.165, 1.54) is 16.5 Å². The van der Waals surface area contributed by atoms with E-state index < -0.39 is 0 Å². The van der Waals surface area contributed by atoms with Gasteiger partial charge in [0.2, 0.25) is 0 Å². The molecule has 1 heteroatoms. The minimum atomic E-state index is 0.542. The normalized spacial score (nSPS) is 11.4. The molecule has 0 fully saturated rings. The zero-order valence-corrected chi connectivity index (χ0v) is 9.12. The van der Waals surface area contributed by atoms with E-state index in [2.05, 4.69) is 55.8 Å². The Bertz CT molecular complexity index is 437. The van der Waals surface area contributed by atoms with E-state index in [0.29, 0.717) is 6.04 Å². The SMILES string of the molecule is CCc1cccc2ccn(C(C)C)c12. The fraction of sp³-hybridized carbons (Fsp3) is 0.385. The lowest BCUT2D eigenvalue weighted by Gasteiger charge is -2.11. The standard InChI is InChI=1S/C13H17N/c1-4-11-6-5-7-12-8-9-14(10(2)3)13(11)12/h5-10H,4H2,1-3H3. The maximum Gasteiger partial charge on any atom is 0.0515 e. The van der Waals surface area contributed by atoms with E-state index in [1.807, 2.05) is 0 Å². The summed E-state index contributed by atoms with van der Waals surface area (Å²) in [6.45, 7) is 6.67. The van der Waals surface area contributed by atoms with E-state index in [-0.39, 0.29) is 0 Å². The number of rotatable bonds is 2. The van der Waals surface area contributed by atoms with Crippen LogP contribution in [0.4, 0.5) is 0 Å². The van der Waals surface area contributed by atoms with Crippen molar-refractivity contribution in [2.75, 3.05) is 0 Å². The summed E-state index contributed by atoms with van der Waals surface area (Å²) in [4.78, 5) is 0. The molecule has 0 unspecified atom stereocenters. The summed E-state index contributed by atoms with van der Waals surface area (Å²) in [6.07, 6.45) is 3.29. The Hall–Kier alpha value is -1.24. The first-order valence-electron chi connectivity index (χ1n) is 5.32. The number of para-hydroxylation sites is 1. The molecule has 14 heavy (non-hydrogen) atoms. The van der Waals surface area contributed by atoms with Crippen LogP contribution in [0.5, 0.6) is 0 Å². The predicted molar refractivity (Wildman–Crippen MR) is 61.7 cm³/mol. The summed E-state index contributed by atoms with van der Waals surface area (Å²) in [5, 5.41) is 1.36. The Labute approximate surface area is 85.4 Å². The maximum atomic E-state index is 2.36. The number of fused-ring (bicyclic) bond motifs is 1. The second-order valence-electron chi connectivity index (χ2n) is 4.03. The van der Waals surface area contributed by atoms with Crippen LogP contribution in [0.3, 0.4) is 0 Å². The van der Waals surface area contributed by atoms with E-state index >= 15 is 0 Å². The van der Waals surface area contributed by atoms with Gasteiger partial charge < -0.3 is 4.57 Å². The number of hydrogen-bond acceptors (Lipinski definition) is 0. The minimum Gasteiger partial charge on any atom is -0.345 e. The van der Waals surface area contributed by atoms with Gasteiger partial charge in [0, 0.05) is 12.2 Å². The van der Waals surface area contributed by atoms with Crippen molar-refractivity contribution in [3.05, 3.63) is 36.0 Å². The molecular formula is C13H17N. The first kappa shape index (κ1) is 9.32. The van der Waals surface area contributed by atoms with Crippen LogP contribution in [0.25, 0.3) is 10.9 Å². The Morgan fingerprint density at radius 3 is 2.64 bits per heavy atom. The van der Waals surface area contributed by atoms with E-state index in [1.54, 1.807) is 0 Å². The van der Waals surface area contributed by atoms with Crippen LogP contribution >= 0.6 is 0 Å². The van der Waals surface area contributed by atoms with Crippen LogP contribution in [0.2, 0.25) is 0 Å². The van der Waals surface area contributed by atoms with Gasteiger partial charge in [-0.1, -0.05) is 25.1 Å². The Balaban J connectivity index is 2.74. The van der Waals surface area contributed by atoms with Gasteiger partial charge in [0.15, 0.2) is 0 Å². The second-order valence-corrected chi connectivity index (χ2v) is 4.03. The zero-order valence-electron chi connectivity index (χ0n) is 9.12. The molecule has 0 amide bonds. The van der Waals surface area contributed by atoms with Crippen molar-refractivity contribution in [1.82, 2.24) is 4.57 Å². The van der Waals surface area contributed by atoms with E-state index in [0.717, 1.165) is 6.42 Å². The first-order valence-corrected chi connectivity index (χ1v) is 5.32. The minimum absolute atomic E-state index is 0.542. The Morgan fingerprint density at radius 1 is 1.21 bits per heavy atom. The van der Waals surface area contributed by atoms with Crippen molar-refractivity contribution in [2.45, 2.75) is 33.2 Å². The number of aryl methyl sites for hydroxylation is 1. The van der Waals surface area contributed by atoms with Gasteiger partial charge in [-0.3, -0.25) is 0 Å². The maximum absolute atomic E-state index is 2.36. The molecule has 0 aliphatic carbocycles. The quantitative estimate of drug-likeness (QED) is 0.674. The summed E-state index contributed by atoms with van der Waals surface area (Å²) >= 11 is 0. The lowest BCUT2D eigenvalue weighted by Crippen LogP contribution is -2.00. The fourth-order valence-corrected chi connectivity index (χ4v) is 2.01. The Morgan fingerprint density at radius 2 is 2.00 bits per heavy atom. The topological polar surface area (TPSA) is 4.93 Å². The predicted octanol–water partition coefficient (Wildman–Crippen LogP) is 3.78. The summed E-state index contributed by atoms with van der Waals surface area (Å²) in [5.74, 6) is 0. The van der Waals surface area contributed by atoms with Crippen LogP contribution in [0.1, 0.15) is 32.4 Å².